The third-order valence-electron chi connectivity index (χ3n) is 1.53. The maximum absolute atomic E-state index is 10.5. The molecule has 5 heteroatoms. The first-order chi connectivity index (χ1) is 6.63. The van der Waals surface area contributed by atoms with E-state index in [1.807, 2.05) is 0 Å². The van der Waals surface area contributed by atoms with Crippen molar-refractivity contribution in [1.29, 1.82) is 5.26 Å². The highest BCUT2D eigenvalue weighted by Gasteiger charge is 2.09. The molecule has 14 heavy (non-hydrogen) atoms. The average molecular weight is 211 g/mol. The van der Waals surface area contributed by atoms with E-state index >= 15 is 0 Å². The second kappa shape index (κ2) is 4.72. The van der Waals surface area contributed by atoms with E-state index in [1.54, 1.807) is 13.0 Å². The van der Waals surface area contributed by atoms with Gasteiger partial charge >= 0.3 is 5.97 Å². The van der Waals surface area contributed by atoms with Gasteiger partial charge in [0.2, 0.25) is 5.76 Å². The Bertz CT molecular complexity index is 366. The summed E-state index contributed by atoms with van der Waals surface area (Å²) < 4.78 is 5.01. The third kappa shape index (κ3) is 2.82. The second-order valence-corrected chi connectivity index (χ2v) is 3.98. The summed E-state index contributed by atoms with van der Waals surface area (Å²) in [6.07, 6.45) is 0. The molecule has 1 aromatic heterocycles. The lowest BCUT2D eigenvalue weighted by molar-refractivity contribution is 0.0661. The van der Waals surface area contributed by atoms with Crippen LogP contribution >= 0.6 is 11.8 Å². The molecule has 0 fully saturated rings. The van der Waals surface area contributed by atoms with Crippen molar-refractivity contribution in [2.75, 3.05) is 0 Å². The molecule has 1 heterocycles. The van der Waals surface area contributed by atoms with Crippen LogP contribution in [-0.2, 0) is 5.75 Å². The zero-order valence-electron chi connectivity index (χ0n) is 7.56. The number of carboxylic acids is 1. The van der Waals surface area contributed by atoms with Crippen molar-refractivity contribution in [3.05, 3.63) is 23.7 Å². The van der Waals surface area contributed by atoms with Crippen molar-refractivity contribution in [2.24, 2.45) is 0 Å². The van der Waals surface area contributed by atoms with Crippen molar-refractivity contribution >= 4 is 17.7 Å². The molecular formula is C9H9NO3S. The summed E-state index contributed by atoms with van der Waals surface area (Å²) in [6.45, 7) is 1.78. The van der Waals surface area contributed by atoms with E-state index in [-0.39, 0.29) is 11.0 Å². The van der Waals surface area contributed by atoms with Gasteiger partial charge in [0.1, 0.15) is 5.76 Å². The number of hydrogen-bond donors (Lipinski definition) is 1. The minimum Gasteiger partial charge on any atom is -0.475 e. The van der Waals surface area contributed by atoms with Gasteiger partial charge in [0.25, 0.3) is 0 Å². The molecule has 0 amide bonds. The maximum Gasteiger partial charge on any atom is 0.371 e. The lowest BCUT2D eigenvalue weighted by atomic mass is 10.4. The van der Waals surface area contributed by atoms with Gasteiger partial charge in [-0.05, 0) is 19.1 Å². The van der Waals surface area contributed by atoms with Crippen LogP contribution in [0.2, 0.25) is 0 Å². The van der Waals surface area contributed by atoms with Crippen LogP contribution in [0.1, 0.15) is 23.2 Å². The van der Waals surface area contributed by atoms with Crippen LogP contribution in [0.3, 0.4) is 0 Å². The fraction of sp³-hybridized carbons (Fsp3) is 0.333. The van der Waals surface area contributed by atoms with Crippen molar-refractivity contribution in [2.45, 2.75) is 17.9 Å². The molecule has 0 saturated heterocycles. The van der Waals surface area contributed by atoms with Gasteiger partial charge in [0.05, 0.1) is 17.1 Å². The lowest BCUT2D eigenvalue weighted by Crippen LogP contribution is -1.92. The van der Waals surface area contributed by atoms with E-state index < -0.39 is 5.97 Å². The molecule has 0 aliphatic rings. The molecular weight excluding hydrogens is 202 g/mol. The predicted octanol–water partition coefficient (Wildman–Crippen LogP) is 2.12. The van der Waals surface area contributed by atoms with Crippen LogP contribution in [0.15, 0.2) is 16.5 Å². The summed E-state index contributed by atoms with van der Waals surface area (Å²) in [5.41, 5.74) is 0. The molecule has 0 radical (unpaired) electrons. The van der Waals surface area contributed by atoms with Crippen LogP contribution in [0, 0.1) is 11.3 Å². The van der Waals surface area contributed by atoms with Crippen molar-refractivity contribution in [3.63, 3.8) is 0 Å². The lowest BCUT2D eigenvalue weighted by Gasteiger charge is -1.98. The molecule has 0 aliphatic heterocycles. The first-order valence-electron chi connectivity index (χ1n) is 3.96. The molecule has 4 nitrogen and oxygen atoms in total. The minimum absolute atomic E-state index is 0.0646. The Hall–Kier alpha value is -1.41. The molecule has 1 unspecified atom stereocenters. The number of furan rings is 1. The molecule has 0 saturated carbocycles. The van der Waals surface area contributed by atoms with Gasteiger partial charge in [0.15, 0.2) is 0 Å². The van der Waals surface area contributed by atoms with Gasteiger partial charge in [-0.1, -0.05) is 0 Å². The molecule has 1 rings (SSSR count). The van der Waals surface area contributed by atoms with E-state index in [0.29, 0.717) is 11.5 Å². The molecule has 1 N–H and O–H groups in total. The topological polar surface area (TPSA) is 74.2 Å². The monoisotopic (exact) mass is 211 g/mol. The zero-order chi connectivity index (χ0) is 10.6. The van der Waals surface area contributed by atoms with Crippen LogP contribution in [0.25, 0.3) is 0 Å². The number of nitriles is 1. The number of rotatable bonds is 4. The number of thioether (sulfide) groups is 1. The molecule has 0 aliphatic carbocycles. The minimum atomic E-state index is -1.07. The highest BCUT2D eigenvalue weighted by atomic mass is 32.2. The Balaban J connectivity index is 2.53. The van der Waals surface area contributed by atoms with Gasteiger partial charge in [-0.25, -0.2) is 4.79 Å². The van der Waals surface area contributed by atoms with Crippen LogP contribution < -0.4 is 0 Å². The second-order valence-electron chi connectivity index (χ2n) is 2.65. The Morgan fingerprint density at radius 1 is 1.79 bits per heavy atom. The zero-order valence-corrected chi connectivity index (χ0v) is 8.37. The van der Waals surface area contributed by atoms with Crippen molar-refractivity contribution < 1.29 is 14.3 Å². The van der Waals surface area contributed by atoms with Gasteiger partial charge in [0, 0.05) is 0 Å². The molecule has 74 valence electrons. The highest BCUT2D eigenvalue weighted by Crippen LogP contribution is 2.18. The Morgan fingerprint density at radius 2 is 2.50 bits per heavy atom. The third-order valence-corrected chi connectivity index (χ3v) is 2.59. The molecule has 1 atom stereocenters. The summed E-state index contributed by atoms with van der Waals surface area (Å²) in [5, 5.41) is 17.0. The van der Waals surface area contributed by atoms with Gasteiger partial charge in [-0.15, -0.1) is 11.8 Å². The number of carbonyl (C=O) groups is 1. The summed E-state index contributed by atoms with van der Waals surface area (Å²) in [4.78, 5) is 10.5. The fourth-order valence-corrected chi connectivity index (χ4v) is 1.46. The van der Waals surface area contributed by atoms with Gasteiger partial charge < -0.3 is 9.52 Å². The highest BCUT2D eigenvalue weighted by molar-refractivity contribution is 7.99. The van der Waals surface area contributed by atoms with E-state index in [9.17, 15) is 4.79 Å². The van der Waals surface area contributed by atoms with Crippen molar-refractivity contribution in [3.8, 4) is 6.07 Å². The van der Waals surface area contributed by atoms with E-state index in [4.69, 9.17) is 14.8 Å². The largest absolute Gasteiger partial charge is 0.475 e. The van der Waals surface area contributed by atoms with E-state index in [0.717, 1.165) is 0 Å². The maximum atomic E-state index is 10.5. The summed E-state index contributed by atoms with van der Waals surface area (Å²) in [5.74, 6) is -0.0450. The van der Waals surface area contributed by atoms with Crippen LogP contribution in [0.4, 0.5) is 0 Å². The molecule has 0 aromatic carbocycles. The summed E-state index contributed by atoms with van der Waals surface area (Å²) >= 11 is 1.41. The smallest absolute Gasteiger partial charge is 0.371 e. The van der Waals surface area contributed by atoms with Crippen molar-refractivity contribution in [1.82, 2.24) is 0 Å². The SMILES string of the molecule is CC(C#N)SCc1ccc(C(=O)O)o1. The van der Waals surface area contributed by atoms with Crippen LogP contribution in [-0.4, -0.2) is 16.3 Å². The first-order valence-corrected chi connectivity index (χ1v) is 5.01. The normalized spacial score (nSPS) is 12.0. The first kappa shape index (κ1) is 10.7. The number of hydrogen-bond acceptors (Lipinski definition) is 4. The number of carboxylic acid groups (broad SMARTS) is 1. The Labute approximate surface area is 85.5 Å². The Morgan fingerprint density at radius 3 is 3.00 bits per heavy atom. The van der Waals surface area contributed by atoms with Gasteiger partial charge in [-0.2, -0.15) is 5.26 Å². The molecule has 0 bridgehead atoms. The summed E-state index contributed by atoms with van der Waals surface area (Å²) in [6, 6.07) is 5.09. The van der Waals surface area contributed by atoms with E-state index in [2.05, 4.69) is 6.07 Å². The molecule has 0 spiro atoms. The quantitative estimate of drug-likeness (QED) is 0.825. The van der Waals surface area contributed by atoms with Gasteiger partial charge in [-0.3, -0.25) is 0 Å². The number of nitrogens with zero attached hydrogens (tertiary/aromatic N) is 1. The fourth-order valence-electron chi connectivity index (χ4n) is 0.815. The standard InChI is InChI=1S/C9H9NO3S/c1-6(4-10)14-5-7-2-3-8(13-7)9(11)12/h2-3,6H,5H2,1H3,(H,11,12). The van der Waals surface area contributed by atoms with Crippen LogP contribution in [0.5, 0.6) is 0 Å². The average Bonchev–Trinajstić information content (AvgIpc) is 2.62. The predicted molar refractivity (Wildman–Crippen MR) is 52.0 cm³/mol. The van der Waals surface area contributed by atoms with E-state index in [1.165, 1.54) is 17.8 Å². The Kier molecular flexibility index (Phi) is 3.60. The molecule has 1 aromatic rings. The number of aromatic carboxylic acids is 1. The summed E-state index contributed by atoms with van der Waals surface area (Å²) in [7, 11) is 0.